The molecule has 2 N–H and O–H groups in total. The summed E-state index contributed by atoms with van der Waals surface area (Å²) in [5, 5.41) is 6.37. The maximum atomic E-state index is 11.8. The molecule has 2 rings (SSSR count). The first-order valence-corrected chi connectivity index (χ1v) is 7.02. The van der Waals surface area contributed by atoms with E-state index in [-0.39, 0.29) is 11.9 Å². The molecule has 1 aliphatic heterocycles. The van der Waals surface area contributed by atoms with Crippen molar-refractivity contribution in [3.63, 3.8) is 0 Å². The molecule has 1 atom stereocenters. The molecule has 4 heteroatoms. The highest BCUT2D eigenvalue weighted by atomic mass is 32.2. The minimum absolute atomic E-state index is 0.0503. The summed E-state index contributed by atoms with van der Waals surface area (Å²) < 4.78 is 0. The molecule has 1 aliphatic carbocycles. The molecule has 0 aromatic carbocycles. The molecule has 1 amide bonds. The van der Waals surface area contributed by atoms with E-state index in [9.17, 15) is 4.79 Å². The van der Waals surface area contributed by atoms with Crippen molar-refractivity contribution in [1.82, 2.24) is 10.6 Å². The van der Waals surface area contributed by atoms with E-state index < -0.39 is 0 Å². The zero-order valence-electron chi connectivity index (χ0n) is 9.29. The Balaban J connectivity index is 1.74. The van der Waals surface area contributed by atoms with Crippen molar-refractivity contribution < 1.29 is 4.79 Å². The Labute approximate surface area is 95.8 Å². The van der Waals surface area contributed by atoms with Gasteiger partial charge in [-0.3, -0.25) is 10.1 Å². The second-order valence-corrected chi connectivity index (χ2v) is 5.77. The Morgan fingerprint density at radius 3 is 2.67 bits per heavy atom. The van der Waals surface area contributed by atoms with Gasteiger partial charge in [-0.1, -0.05) is 6.92 Å². The average molecular weight is 228 g/mol. The summed E-state index contributed by atoms with van der Waals surface area (Å²) in [5.41, 5.74) is 0. The minimum Gasteiger partial charge on any atom is -0.352 e. The molecule has 2 fully saturated rings. The highest BCUT2D eigenvalue weighted by Gasteiger charge is 2.26. The predicted octanol–water partition coefficient (Wildman–Crippen LogP) is 1.34. The fraction of sp³-hybridized carbons (Fsp3) is 0.909. The zero-order valence-corrected chi connectivity index (χ0v) is 10.1. The van der Waals surface area contributed by atoms with Gasteiger partial charge < -0.3 is 5.32 Å². The monoisotopic (exact) mass is 228 g/mol. The van der Waals surface area contributed by atoms with Crippen LogP contribution >= 0.6 is 11.8 Å². The predicted molar refractivity (Wildman–Crippen MR) is 63.8 cm³/mol. The highest BCUT2D eigenvalue weighted by molar-refractivity contribution is 7.99. The third-order valence-corrected chi connectivity index (χ3v) is 4.33. The second kappa shape index (κ2) is 5.21. The second-order valence-electron chi connectivity index (χ2n) is 4.74. The number of hydrogen-bond acceptors (Lipinski definition) is 3. The SMILES string of the molecule is CC1CCC(NC(=O)[C@H]2CSCN2)CC1. The summed E-state index contributed by atoms with van der Waals surface area (Å²) in [6.45, 7) is 2.30. The van der Waals surface area contributed by atoms with Gasteiger partial charge >= 0.3 is 0 Å². The lowest BCUT2D eigenvalue weighted by atomic mass is 9.87. The number of rotatable bonds is 2. The molecule has 1 saturated carbocycles. The standard InChI is InChI=1S/C11H20N2OS/c1-8-2-4-9(5-3-8)13-11(14)10-6-15-7-12-10/h8-10,12H,2-7H2,1H3,(H,13,14)/t8?,9?,10-/m1/s1. The number of thioether (sulfide) groups is 1. The lowest BCUT2D eigenvalue weighted by molar-refractivity contribution is -0.123. The van der Waals surface area contributed by atoms with Gasteiger partial charge in [-0.2, -0.15) is 0 Å². The zero-order chi connectivity index (χ0) is 10.7. The largest absolute Gasteiger partial charge is 0.352 e. The number of nitrogens with one attached hydrogen (secondary N) is 2. The third kappa shape index (κ3) is 3.11. The minimum atomic E-state index is 0.0503. The van der Waals surface area contributed by atoms with Crippen LogP contribution < -0.4 is 10.6 Å². The smallest absolute Gasteiger partial charge is 0.238 e. The van der Waals surface area contributed by atoms with Crippen molar-refractivity contribution in [2.24, 2.45) is 5.92 Å². The number of amides is 1. The summed E-state index contributed by atoms with van der Waals surface area (Å²) in [7, 11) is 0. The van der Waals surface area contributed by atoms with Crippen molar-refractivity contribution in [2.75, 3.05) is 11.6 Å². The quantitative estimate of drug-likeness (QED) is 0.749. The molecule has 15 heavy (non-hydrogen) atoms. The van der Waals surface area contributed by atoms with Crippen LogP contribution in [0.5, 0.6) is 0 Å². The molecule has 3 nitrogen and oxygen atoms in total. The molecule has 0 aromatic heterocycles. The molecule has 0 unspecified atom stereocenters. The van der Waals surface area contributed by atoms with E-state index in [2.05, 4.69) is 17.6 Å². The van der Waals surface area contributed by atoms with Crippen LogP contribution in [0.2, 0.25) is 0 Å². The van der Waals surface area contributed by atoms with Crippen molar-refractivity contribution in [3.8, 4) is 0 Å². The van der Waals surface area contributed by atoms with Crippen LogP contribution in [0.1, 0.15) is 32.6 Å². The summed E-state index contributed by atoms with van der Waals surface area (Å²) in [6.07, 6.45) is 4.84. The van der Waals surface area contributed by atoms with Gasteiger partial charge in [-0.25, -0.2) is 0 Å². The summed E-state index contributed by atoms with van der Waals surface area (Å²) in [4.78, 5) is 11.8. The van der Waals surface area contributed by atoms with E-state index in [0.29, 0.717) is 6.04 Å². The van der Waals surface area contributed by atoms with E-state index in [4.69, 9.17) is 0 Å². The van der Waals surface area contributed by atoms with E-state index in [0.717, 1.165) is 30.4 Å². The molecule has 2 aliphatic rings. The van der Waals surface area contributed by atoms with E-state index in [1.807, 2.05) is 0 Å². The summed E-state index contributed by atoms with van der Waals surface area (Å²) in [5.74, 6) is 2.90. The lowest BCUT2D eigenvalue weighted by Gasteiger charge is -2.27. The molecule has 0 radical (unpaired) electrons. The number of carbonyl (C=O) groups excluding carboxylic acids is 1. The third-order valence-electron chi connectivity index (χ3n) is 3.40. The van der Waals surface area contributed by atoms with E-state index >= 15 is 0 Å². The first kappa shape index (κ1) is 11.3. The van der Waals surface area contributed by atoms with Gasteiger partial charge in [-0.05, 0) is 31.6 Å². The highest BCUT2D eigenvalue weighted by Crippen LogP contribution is 2.23. The fourth-order valence-electron chi connectivity index (χ4n) is 2.27. The maximum absolute atomic E-state index is 11.8. The van der Waals surface area contributed by atoms with E-state index in [1.165, 1.54) is 12.8 Å². The van der Waals surface area contributed by atoms with Crippen LogP contribution in [0.4, 0.5) is 0 Å². The van der Waals surface area contributed by atoms with Crippen molar-refractivity contribution >= 4 is 17.7 Å². The van der Waals surface area contributed by atoms with Gasteiger partial charge in [0.2, 0.25) is 5.91 Å². The fourth-order valence-corrected chi connectivity index (χ4v) is 3.21. The summed E-state index contributed by atoms with van der Waals surface area (Å²) in [6, 6.07) is 0.482. The van der Waals surface area contributed by atoms with Gasteiger partial charge in [0, 0.05) is 17.7 Å². The van der Waals surface area contributed by atoms with Gasteiger partial charge in [0.05, 0.1) is 6.04 Å². The van der Waals surface area contributed by atoms with Crippen LogP contribution in [0.25, 0.3) is 0 Å². The molecular formula is C11H20N2OS. The molecule has 0 spiro atoms. The van der Waals surface area contributed by atoms with Crippen molar-refractivity contribution in [3.05, 3.63) is 0 Å². The normalized spacial score (nSPS) is 36.5. The molecule has 1 heterocycles. The van der Waals surface area contributed by atoms with Crippen LogP contribution in [-0.2, 0) is 4.79 Å². The maximum Gasteiger partial charge on any atom is 0.238 e. The number of hydrogen-bond donors (Lipinski definition) is 2. The topological polar surface area (TPSA) is 41.1 Å². The Bertz CT molecular complexity index is 221. The van der Waals surface area contributed by atoms with Crippen molar-refractivity contribution in [2.45, 2.75) is 44.7 Å². The van der Waals surface area contributed by atoms with Gasteiger partial charge in [-0.15, -0.1) is 11.8 Å². The van der Waals surface area contributed by atoms with Crippen LogP contribution in [0, 0.1) is 5.92 Å². The molecule has 0 bridgehead atoms. The molecule has 1 saturated heterocycles. The average Bonchev–Trinajstić information content (AvgIpc) is 2.74. The van der Waals surface area contributed by atoms with Crippen LogP contribution in [-0.4, -0.2) is 29.6 Å². The van der Waals surface area contributed by atoms with Gasteiger partial charge in [0.1, 0.15) is 0 Å². The van der Waals surface area contributed by atoms with Gasteiger partial charge in [0.25, 0.3) is 0 Å². The van der Waals surface area contributed by atoms with E-state index in [1.54, 1.807) is 11.8 Å². The number of carbonyl (C=O) groups is 1. The Kier molecular flexibility index (Phi) is 3.92. The first-order valence-electron chi connectivity index (χ1n) is 5.87. The summed E-state index contributed by atoms with van der Waals surface area (Å²) >= 11 is 1.80. The molecular weight excluding hydrogens is 208 g/mol. The first-order chi connectivity index (χ1) is 7.25. The van der Waals surface area contributed by atoms with Crippen LogP contribution in [0.15, 0.2) is 0 Å². The molecule has 0 aromatic rings. The molecule has 86 valence electrons. The Hall–Kier alpha value is -0.220. The van der Waals surface area contributed by atoms with Gasteiger partial charge in [0.15, 0.2) is 0 Å². The van der Waals surface area contributed by atoms with Crippen LogP contribution in [0.3, 0.4) is 0 Å². The Morgan fingerprint density at radius 2 is 2.07 bits per heavy atom. The lowest BCUT2D eigenvalue weighted by Crippen LogP contribution is -2.47. The Morgan fingerprint density at radius 1 is 1.33 bits per heavy atom. The van der Waals surface area contributed by atoms with Crippen molar-refractivity contribution in [1.29, 1.82) is 0 Å².